The molecule has 0 spiro atoms. The Balaban J connectivity index is 1.76. The van der Waals surface area contributed by atoms with Crippen molar-refractivity contribution in [3.05, 3.63) is 43.8 Å². The number of allylic oxidation sites excluding steroid dienone is 2. The minimum absolute atomic E-state index is 1.02. The van der Waals surface area contributed by atoms with Crippen molar-refractivity contribution in [2.75, 3.05) is 0 Å². The summed E-state index contributed by atoms with van der Waals surface area (Å²) in [7, 11) is 0. The molecule has 1 aromatic rings. The standard InChI is InChI=1S/C10H6N2S4/c1(7-13-5-6-14-7)2-8-15-9-10(16-8)12-4-3-11-9/h1-6H. The predicted octanol–water partition coefficient (Wildman–Crippen LogP) is 4.31. The second-order valence-electron chi connectivity index (χ2n) is 2.85. The molecule has 0 aliphatic carbocycles. The average molecular weight is 282 g/mol. The van der Waals surface area contributed by atoms with Crippen LogP contribution in [-0.2, 0) is 0 Å². The van der Waals surface area contributed by atoms with Gasteiger partial charge in [0.05, 0.1) is 4.24 Å². The minimum Gasteiger partial charge on any atom is -0.245 e. The van der Waals surface area contributed by atoms with E-state index in [1.165, 1.54) is 8.47 Å². The Morgan fingerprint density at radius 1 is 0.812 bits per heavy atom. The summed E-state index contributed by atoms with van der Waals surface area (Å²) in [5, 5.41) is 6.23. The van der Waals surface area contributed by atoms with Crippen molar-refractivity contribution in [3.63, 3.8) is 0 Å². The molecule has 0 saturated carbocycles. The van der Waals surface area contributed by atoms with Crippen LogP contribution < -0.4 is 0 Å². The summed E-state index contributed by atoms with van der Waals surface area (Å²) >= 11 is 6.89. The fourth-order valence-corrected chi connectivity index (χ4v) is 4.78. The van der Waals surface area contributed by atoms with Gasteiger partial charge in [0.25, 0.3) is 0 Å². The van der Waals surface area contributed by atoms with Crippen LogP contribution in [-0.4, -0.2) is 9.97 Å². The van der Waals surface area contributed by atoms with Crippen molar-refractivity contribution < 1.29 is 0 Å². The molecule has 80 valence electrons. The van der Waals surface area contributed by atoms with Crippen LogP contribution in [0.4, 0.5) is 0 Å². The topological polar surface area (TPSA) is 25.8 Å². The van der Waals surface area contributed by atoms with Crippen LogP contribution in [0.15, 0.2) is 53.9 Å². The Morgan fingerprint density at radius 3 is 2.00 bits per heavy atom. The van der Waals surface area contributed by atoms with Crippen LogP contribution in [0.2, 0.25) is 0 Å². The van der Waals surface area contributed by atoms with E-state index in [4.69, 9.17) is 0 Å². The lowest BCUT2D eigenvalue weighted by atomic mass is 10.6. The SMILES string of the molecule is C1=CSC(=CC=C2Sc3nccnc3S2)S1. The molecule has 16 heavy (non-hydrogen) atoms. The summed E-state index contributed by atoms with van der Waals surface area (Å²) in [6.45, 7) is 0. The second kappa shape index (κ2) is 4.91. The van der Waals surface area contributed by atoms with E-state index in [1.54, 1.807) is 59.4 Å². The smallest absolute Gasteiger partial charge is 0.134 e. The molecule has 2 aliphatic rings. The number of fused-ring (bicyclic) bond motifs is 1. The molecule has 0 amide bonds. The number of hydrogen-bond acceptors (Lipinski definition) is 6. The van der Waals surface area contributed by atoms with E-state index in [1.807, 2.05) is 0 Å². The molecule has 0 atom stereocenters. The lowest BCUT2D eigenvalue weighted by molar-refractivity contribution is 0.930. The second-order valence-corrected chi connectivity index (χ2v) is 7.32. The summed E-state index contributed by atoms with van der Waals surface area (Å²) in [4.78, 5) is 8.57. The van der Waals surface area contributed by atoms with Gasteiger partial charge in [0.2, 0.25) is 0 Å². The van der Waals surface area contributed by atoms with Crippen molar-refractivity contribution in [2.45, 2.75) is 10.1 Å². The van der Waals surface area contributed by atoms with E-state index in [-0.39, 0.29) is 0 Å². The first-order chi connectivity index (χ1) is 7.92. The Bertz CT molecular complexity index is 470. The highest BCUT2D eigenvalue weighted by atomic mass is 32.2. The quantitative estimate of drug-likeness (QED) is 0.761. The monoisotopic (exact) mass is 282 g/mol. The fraction of sp³-hybridized carbons (Fsp3) is 0. The van der Waals surface area contributed by atoms with E-state index in [9.17, 15) is 0 Å². The zero-order chi connectivity index (χ0) is 10.8. The normalized spacial score (nSPS) is 17.8. The van der Waals surface area contributed by atoms with Gasteiger partial charge in [-0.25, -0.2) is 9.97 Å². The molecule has 0 fully saturated rings. The molecule has 6 heteroatoms. The first kappa shape index (κ1) is 10.8. The maximum atomic E-state index is 4.28. The third-order valence-electron chi connectivity index (χ3n) is 1.81. The van der Waals surface area contributed by atoms with Crippen molar-refractivity contribution in [1.29, 1.82) is 0 Å². The molecule has 2 nitrogen and oxygen atoms in total. The largest absolute Gasteiger partial charge is 0.245 e. The number of aromatic nitrogens is 2. The highest BCUT2D eigenvalue weighted by Gasteiger charge is 2.19. The molecule has 0 unspecified atom stereocenters. The first-order valence-corrected chi connectivity index (χ1v) is 7.88. The fourth-order valence-electron chi connectivity index (χ4n) is 1.16. The van der Waals surface area contributed by atoms with Gasteiger partial charge in [-0.05, 0) is 23.0 Å². The number of hydrogen-bond donors (Lipinski definition) is 0. The molecular formula is C10H6N2S4. The van der Waals surface area contributed by atoms with Crippen molar-refractivity contribution in [3.8, 4) is 0 Å². The summed E-state index contributed by atoms with van der Waals surface area (Å²) in [6, 6.07) is 0. The third kappa shape index (κ3) is 2.34. The van der Waals surface area contributed by atoms with E-state index < -0.39 is 0 Å². The van der Waals surface area contributed by atoms with E-state index >= 15 is 0 Å². The molecule has 1 aromatic heterocycles. The number of nitrogens with zero attached hydrogens (tertiary/aromatic N) is 2. The van der Waals surface area contributed by atoms with Crippen molar-refractivity contribution >= 4 is 47.0 Å². The van der Waals surface area contributed by atoms with Gasteiger partial charge < -0.3 is 0 Å². The van der Waals surface area contributed by atoms with E-state index in [0.29, 0.717) is 0 Å². The molecule has 3 heterocycles. The van der Waals surface area contributed by atoms with Gasteiger partial charge in [0.15, 0.2) is 0 Å². The zero-order valence-corrected chi connectivity index (χ0v) is 11.3. The van der Waals surface area contributed by atoms with E-state index in [2.05, 4.69) is 32.9 Å². The summed E-state index contributed by atoms with van der Waals surface area (Å²) in [6.07, 6.45) is 7.76. The van der Waals surface area contributed by atoms with Crippen LogP contribution >= 0.6 is 47.0 Å². The number of rotatable bonds is 1. The molecule has 0 radical (unpaired) electrons. The Labute approximate surface area is 110 Å². The Morgan fingerprint density at radius 2 is 1.38 bits per heavy atom. The zero-order valence-electron chi connectivity index (χ0n) is 7.99. The van der Waals surface area contributed by atoms with E-state index in [0.717, 1.165) is 10.1 Å². The maximum absolute atomic E-state index is 4.28. The van der Waals surface area contributed by atoms with Gasteiger partial charge in [0.1, 0.15) is 10.1 Å². The lowest BCUT2D eigenvalue weighted by Crippen LogP contribution is -1.79. The van der Waals surface area contributed by atoms with Gasteiger partial charge in [0, 0.05) is 16.6 Å². The Kier molecular flexibility index (Phi) is 3.32. The molecule has 2 aliphatic heterocycles. The minimum atomic E-state index is 1.02. The first-order valence-electron chi connectivity index (χ1n) is 4.49. The molecule has 0 bridgehead atoms. The van der Waals surface area contributed by atoms with Crippen LogP contribution in [0.25, 0.3) is 0 Å². The van der Waals surface area contributed by atoms with Crippen LogP contribution in [0, 0.1) is 0 Å². The Hall–Kier alpha value is -0.300. The van der Waals surface area contributed by atoms with Gasteiger partial charge >= 0.3 is 0 Å². The summed E-state index contributed by atoms with van der Waals surface area (Å²) in [5.74, 6) is 0. The van der Waals surface area contributed by atoms with Crippen LogP contribution in [0.3, 0.4) is 0 Å². The molecular weight excluding hydrogens is 276 g/mol. The highest BCUT2D eigenvalue weighted by Crippen LogP contribution is 2.48. The van der Waals surface area contributed by atoms with Crippen LogP contribution in [0.1, 0.15) is 0 Å². The summed E-state index contributed by atoms with van der Waals surface area (Å²) in [5.41, 5.74) is 0. The van der Waals surface area contributed by atoms with Crippen molar-refractivity contribution in [1.82, 2.24) is 9.97 Å². The maximum Gasteiger partial charge on any atom is 0.134 e. The third-order valence-corrected chi connectivity index (χ3v) is 6.13. The van der Waals surface area contributed by atoms with Gasteiger partial charge in [-0.2, -0.15) is 0 Å². The van der Waals surface area contributed by atoms with Gasteiger partial charge in [-0.1, -0.05) is 47.0 Å². The lowest BCUT2D eigenvalue weighted by Gasteiger charge is -1.91. The number of thioether (sulfide) groups is 4. The van der Waals surface area contributed by atoms with Gasteiger partial charge in [-0.15, -0.1) is 0 Å². The predicted molar refractivity (Wildman–Crippen MR) is 74.2 cm³/mol. The van der Waals surface area contributed by atoms with Crippen molar-refractivity contribution in [2.24, 2.45) is 0 Å². The van der Waals surface area contributed by atoms with Crippen LogP contribution in [0.5, 0.6) is 0 Å². The molecule has 3 rings (SSSR count). The molecule has 0 saturated heterocycles. The van der Waals surface area contributed by atoms with Gasteiger partial charge in [-0.3, -0.25) is 0 Å². The molecule has 0 N–H and O–H groups in total. The molecule has 0 aromatic carbocycles. The summed E-state index contributed by atoms with van der Waals surface area (Å²) < 4.78 is 2.55. The highest BCUT2D eigenvalue weighted by molar-refractivity contribution is 8.27. The average Bonchev–Trinajstić information content (AvgIpc) is 2.95.